The van der Waals surface area contributed by atoms with Crippen LogP contribution in [-0.2, 0) is 0 Å². The number of rotatable bonds is 7. The SMILES string of the molecule is C[C@@H](Oc1cc(-c2cnn(C3CCNCC3)c2)cnc1N)c1c(-c2cnn(C3CCNCC3)c2)ccc(F)c1Cl. The van der Waals surface area contributed by atoms with E-state index in [1.165, 1.54) is 6.07 Å². The van der Waals surface area contributed by atoms with E-state index in [-0.39, 0.29) is 10.8 Å². The van der Waals surface area contributed by atoms with Gasteiger partial charge in [0.2, 0.25) is 0 Å². The van der Waals surface area contributed by atoms with Gasteiger partial charge in [0.1, 0.15) is 11.9 Å². The van der Waals surface area contributed by atoms with E-state index in [0.29, 0.717) is 23.4 Å². The molecule has 40 heavy (non-hydrogen) atoms. The van der Waals surface area contributed by atoms with Gasteiger partial charge in [-0.1, -0.05) is 17.7 Å². The number of nitrogens with zero attached hydrogens (tertiary/aromatic N) is 5. The molecule has 4 aromatic rings. The Balaban J connectivity index is 1.27. The standard InChI is InChI=1S/C29H34ClFN8O/c1-18(27-24(2-3-25(31)28(27)30)21-15-37-39(17-21)23-6-10-34-11-7-23)40-26-12-19(13-35-29(26)32)20-14-36-38(16-20)22-4-8-33-9-5-22/h2-3,12-18,22-23,33-34H,4-11H2,1H3,(H2,32,35)/t18-/m1/s1. The fraction of sp³-hybridized carbons (Fsp3) is 0.414. The number of aromatic nitrogens is 5. The summed E-state index contributed by atoms with van der Waals surface area (Å²) in [7, 11) is 0. The lowest BCUT2D eigenvalue weighted by Crippen LogP contribution is -2.29. The van der Waals surface area contributed by atoms with Gasteiger partial charge in [-0.05, 0) is 76.5 Å². The second-order valence-electron chi connectivity index (χ2n) is 10.6. The van der Waals surface area contributed by atoms with Crippen LogP contribution in [0.15, 0.2) is 49.2 Å². The van der Waals surface area contributed by atoms with Gasteiger partial charge in [-0.3, -0.25) is 9.36 Å². The number of halogens is 2. The average molecular weight is 565 g/mol. The maximum absolute atomic E-state index is 14.7. The molecule has 1 aromatic carbocycles. The van der Waals surface area contributed by atoms with Crippen molar-refractivity contribution in [1.29, 1.82) is 0 Å². The minimum atomic E-state index is -0.614. The molecule has 2 fully saturated rings. The number of benzene rings is 1. The maximum Gasteiger partial charge on any atom is 0.166 e. The lowest BCUT2D eigenvalue weighted by Gasteiger charge is -2.23. The number of nitrogen functional groups attached to an aromatic ring is 1. The highest BCUT2D eigenvalue weighted by Crippen LogP contribution is 2.39. The van der Waals surface area contributed by atoms with Crippen molar-refractivity contribution in [1.82, 2.24) is 35.2 Å². The number of pyridine rings is 1. The first-order valence-electron chi connectivity index (χ1n) is 13.9. The third-order valence-electron chi connectivity index (χ3n) is 7.94. The molecule has 5 heterocycles. The van der Waals surface area contributed by atoms with Crippen LogP contribution >= 0.6 is 11.6 Å². The van der Waals surface area contributed by atoms with Crippen LogP contribution in [-0.4, -0.2) is 50.7 Å². The molecule has 0 bridgehead atoms. The van der Waals surface area contributed by atoms with Crippen molar-refractivity contribution in [2.45, 2.75) is 50.8 Å². The molecule has 0 aliphatic carbocycles. The van der Waals surface area contributed by atoms with Gasteiger partial charge in [0.05, 0.1) is 29.5 Å². The van der Waals surface area contributed by atoms with E-state index in [0.717, 1.165) is 74.1 Å². The second-order valence-corrected chi connectivity index (χ2v) is 10.9. The molecule has 2 aliphatic heterocycles. The quantitative estimate of drug-likeness (QED) is 0.284. The lowest BCUT2D eigenvalue weighted by molar-refractivity contribution is 0.228. The highest BCUT2D eigenvalue weighted by molar-refractivity contribution is 6.32. The van der Waals surface area contributed by atoms with Gasteiger partial charge in [-0.25, -0.2) is 9.37 Å². The summed E-state index contributed by atoms with van der Waals surface area (Å²) in [6, 6.07) is 5.67. The summed E-state index contributed by atoms with van der Waals surface area (Å²) in [4.78, 5) is 4.38. The Morgan fingerprint density at radius 3 is 2.17 bits per heavy atom. The highest BCUT2D eigenvalue weighted by Gasteiger charge is 2.24. The molecule has 2 aliphatic rings. The van der Waals surface area contributed by atoms with Crippen molar-refractivity contribution in [2.75, 3.05) is 31.9 Å². The van der Waals surface area contributed by atoms with Crippen LogP contribution in [0.5, 0.6) is 5.75 Å². The summed E-state index contributed by atoms with van der Waals surface area (Å²) in [6.07, 6.45) is 12.9. The number of nitrogens with one attached hydrogen (secondary N) is 2. The van der Waals surface area contributed by atoms with Crippen molar-refractivity contribution in [3.05, 3.63) is 65.6 Å². The number of nitrogens with two attached hydrogens (primary N) is 1. The molecule has 11 heteroatoms. The minimum Gasteiger partial charge on any atom is -0.482 e. The van der Waals surface area contributed by atoms with Crippen LogP contribution in [0, 0.1) is 5.82 Å². The summed E-state index contributed by atoms with van der Waals surface area (Å²) >= 11 is 6.56. The topological polar surface area (TPSA) is 108 Å². The van der Waals surface area contributed by atoms with Gasteiger partial charge in [0.25, 0.3) is 0 Å². The second kappa shape index (κ2) is 11.6. The normalized spacial score (nSPS) is 17.7. The van der Waals surface area contributed by atoms with Gasteiger partial charge < -0.3 is 21.1 Å². The molecule has 0 amide bonds. The molecule has 4 N–H and O–H groups in total. The summed E-state index contributed by atoms with van der Waals surface area (Å²) < 4.78 is 25.1. The molecule has 0 unspecified atom stereocenters. The number of anilines is 1. The van der Waals surface area contributed by atoms with E-state index in [4.69, 9.17) is 22.1 Å². The number of hydrogen-bond donors (Lipinski definition) is 3. The van der Waals surface area contributed by atoms with E-state index in [1.54, 1.807) is 18.5 Å². The van der Waals surface area contributed by atoms with E-state index < -0.39 is 11.9 Å². The van der Waals surface area contributed by atoms with Crippen molar-refractivity contribution >= 4 is 17.4 Å². The van der Waals surface area contributed by atoms with Gasteiger partial charge in [-0.15, -0.1) is 0 Å². The van der Waals surface area contributed by atoms with Gasteiger partial charge in [0, 0.05) is 40.8 Å². The fourth-order valence-corrected chi connectivity index (χ4v) is 6.00. The first-order valence-corrected chi connectivity index (χ1v) is 14.3. The number of ether oxygens (including phenoxy) is 1. The number of piperidine rings is 2. The van der Waals surface area contributed by atoms with Crippen LogP contribution in [0.4, 0.5) is 10.2 Å². The Labute approximate surface area is 237 Å². The fourth-order valence-electron chi connectivity index (χ4n) is 5.68. The molecule has 0 spiro atoms. The van der Waals surface area contributed by atoms with Gasteiger partial charge >= 0.3 is 0 Å². The zero-order valence-electron chi connectivity index (χ0n) is 22.5. The van der Waals surface area contributed by atoms with Crippen LogP contribution in [0.3, 0.4) is 0 Å². The smallest absolute Gasteiger partial charge is 0.166 e. The number of hydrogen-bond acceptors (Lipinski definition) is 7. The summed E-state index contributed by atoms with van der Waals surface area (Å²) in [5, 5.41) is 16.0. The largest absolute Gasteiger partial charge is 0.482 e. The third kappa shape index (κ3) is 5.43. The molecular weight excluding hydrogens is 531 g/mol. The van der Waals surface area contributed by atoms with Crippen molar-refractivity contribution in [3.8, 4) is 28.0 Å². The van der Waals surface area contributed by atoms with Crippen LogP contribution in [0.25, 0.3) is 22.3 Å². The summed E-state index contributed by atoms with van der Waals surface area (Å²) in [6.45, 7) is 5.74. The van der Waals surface area contributed by atoms with E-state index in [2.05, 4.69) is 25.8 Å². The highest BCUT2D eigenvalue weighted by atomic mass is 35.5. The Bertz CT molecular complexity index is 1470. The Morgan fingerprint density at radius 1 is 0.925 bits per heavy atom. The molecule has 0 saturated carbocycles. The average Bonchev–Trinajstić information content (AvgIpc) is 3.67. The monoisotopic (exact) mass is 564 g/mol. The first-order chi connectivity index (χ1) is 19.5. The minimum absolute atomic E-state index is 0.0190. The van der Waals surface area contributed by atoms with Crippen LogP contribution in [0.2, 0.25) is 5.02 Å². The van der Waals surface area contributed by atoms with Crippen molar-refractivity contribution in [3.63, 3.8) is 0 Å². The van der Waals surface area contributed by atoms with Crippen LogP contribution in [0.1, 0.15) is 56.4 Å². The van der Waals surface area contributed by atoms with Gasteiger partial charge in [0.15, 0.2) is 11.6 Å². The lowest BCUT2D eigenvalue weighted by atomic mass is 9.98. The van der Waals surface area contributed by atoms with E-state index in [9.17, 15) is 4.39 Å². The zero-order valence-corrected chi connectivity index (χ0v) is 23.2. The molecule has 3 aromatic heterocycles. The van der Waals surface area contributed by atoms with E-state index >= 15 is 0 Å². The van der Waals surface area contributed by atoms with Crippen molar-refractivity contribution in [2.24, 2.45) is 0 Å². The molecule has 2 saturated heterocycles. The van der Waals surface area contributed by atoms with Crippen LogP contribution < -0.4 is 21.1 Å². The predicted octanol–water partition coefficient (Wildman–Crippen LogP) is 5.17. The Morgan fingerprint density at radius 2 is 1.52 bits per heavy atom. The van der Waals surface area contributed by atoms with Crippen molar-refractivity contribution < 1.29 is 9.13 Å². The predicted molar refractivity (Wildman–Crippen MR) is 154 cm³/mol. The zero-order chi connectivity index (χ0) is 27.6. The van der Waals surface area contributed by atoms with E-state index in [1.807, 2.05) is 40.9 Å². The molecule has 0 radical (unpaired) electrons. The first kappa shape index (κ1) is 26.7. The Kier molecular flexibility index (Phi) is 7.73. The molecule has 6 rings (SSSR count). The van der Waals surface area contributed by atoms with Gasteiger partial charge in [-0.2, -0.15) is 10.2 Å². The maximum atomic E-state index is 14.7. The summed E-state index contributed by atoms with van der Waals surface area (Å²) in [5.74, 6) is 0.136. The molecule has 210 valence electrons. The molecule has 1 atom stereocenters. The third-order valence-corrected chi connectivity index (χ3v) is 8.32. The molecular formula is C29H34ClFN8O. The Hall–Kier alpha value is -3.47. The summed E-state index contributed by atoms with van der Waals surface area (Å²) in [5.41, 5.74) is 10.2. The molecule has 9 nitrogen and oxygen atoms in total.